The van der Waals surface area contributed by atoms with Crippen LogP contribution in [0.25, 0.3) is 0 Å². The Hall–Kier alpha value is -0.810. The number of nitrogens with zero attached hydrogens (tertiary/aromatic N) is 1. The fourth-order valence-electron chi connectivity index (χ4n) is 3.56. The Balaban J connectivity index is 2.72. The Bertz CT molecular complexity index is 660. The van der Waals surface area contributed by atoms with Gasteiger partial charge in [0.2, 0.25) is 0 Å². The van der Waals surface area contributed by atoms with Crippen LogP contribution in [0.5, 0.6) is 0 Å². The molecule has 1 heterocycles. The first-order valence-electron chi connectivity index (χ1n) is 7.83. The summed E-state index contributed by atoms with van der Waals surface area (Å²) >= 11 is 0. The van der Waals surface area contributed by atoms with Crippen LogP contribution in [-0.4, -0.2) is 24.7 Å². The standard InChI is InChI=1S/C19H30NP/c1-12-10-16-17(21(9)14(3)19(16,6)7)11-15(12)18(4,5)13(2)20-8/h10-11,21H,1-9H3/b20-13+. The van der Waals surface area contributed by atoms with Crippen LogP contribution in [0.2, 0.25) is 0 Å². The number of fused-ring (bicyclic) bond motifs is 1. The van der Waals surface area contributed by atoms with Crippen molar-refractivity contribution in [3.63, 3.8) is 0 Å². The maximum Gasteiger partial charge on any atom is 0.0276 e. The molecule has 0 bridgehead atoms. The number of aliphatic imine (C=N–C) groups is 1. The van der Waals surface area contributed by atoms with Gasteiger partial charge in [0.1, 0.15) is 0 Å². The maximum absolute atomic E-state index is 4.45. The van der Waals surface area contributed by atoms with Crippen LogP contribution in [0.3, 0.4) is 0 Å². The summed E-state index contributed by atoms with van der Waals surface area (Å²) in [6.07, 6.45) is 0. The van der Waals surface area contributed by atoms with Gasteiger partial charge in [-0.25, -0.2) is 0 Å². The highest BCUT2D eigenvalue weighted by Crippen LogP contribution is 2.43. The predicted octanol–water partition coefficient (Wildman–Crippen LogP) is 4.32. The molecule has 1 aromatic carbocycles. The van der Waals surface area contributed by atoms with Crippen molar-refractivity contribution >= 4 is 23.9 Å². The Morgan fingerprint density at radius 2 is 1.76 bits per heavy atom. The predicted molar refractivity (Wildman–Crippen MR) is 101 cm³/mol. The summed E-state index contributed by atoms with van der Waals surface area (Å²) < 4.78 is 0. The second kappa shape index (κ2) is 5.13. The van der Waals surface area contributed by atoms with Gasteiger partial charge in [0, 0.05) is 23.6 Å². The monoisotopic (exact) mass is 303 g/mol. The van der Waals surface area contributed by atoms with Crippen molar-refractivity contribution in [3.8, 4) is 0 Å². The van der Waals surface area contributed by atoms with Gasteiger partial charge in [0.05, 0.1) is 0 Å². The van der Waals surface area contributed by atoms with Crippen molar-refractivity contribution in [2.45, 2.75) is 59.3 Å². The van der Waals surface area contributed by atoms with Crippen molar-refractivity contribution in [1.29, 1.82) is 0 Å². The zero-order valence-electron chi connectivity index (χ0n) is 15.1. The molecule has 2 rings (SSSR count). The summed E-state index contributed by atoms with van der Waals surface area (Å²) in [4.78, 5) is 4.45. The first kappa shape index (κ1) is 16.6. The van der Waals surface area contributed by atoms with E-state index < -0.39 is 7.55 Å². The highest BCUT2D eigenvalue weighted by Gasteiger charge is 2.35. The molecule has 2 heteroatoms. The molecule has 0 amide bonds. The lowest BCUT2D eigenvalue weighted by Crippen LogP contribution is -2.30. The van der Waals surface area contributed by atoms with E-state index in [9.17, 15) is 0 Å². The summed E-state index contributed by atoms with van der Waals surface area (Å²) in [5.74, 6) is 0. The van der Waals surface area contributed by atoms with Gasteiger partial charge < -0.3 is 0 Å². The van der Waals surface area contributed by atoms with Crippen molar-refractivity contribution in [3.05, 3.63) is 28.8 Å². The van der Waals surface area contributed by atoms with Gasteiger partial charge in [0.15, 0.2) is 0 Å². The van der Waals surface area contributed by atoms with E-state index in [4.69, 9.17) is 0 Å². The molecule has 1 nitrogen and oxygen atoms in total. The SMILES string of the molecule is C/N=C(\C)C(C)(C)c1cc2c(cc1C)C(C)(C)C(C)=[PH]2C. The second-order valence-electron chi connectivity index (χ2n) is 7.52. The second-order valence-corrected chi connectivity index (χ2v) is 10.1. The van der Waals surface area contributed by atoms with E-state index in [-0.39, 0.29) is 10.8 Å². The highest BCUT2D eigenvalue weighted by molar-refractivity contribution is 7.66. The van der Waals surface area contributed by atoms with Gasteiger partial charge in [0.25, 0.3) is 0 Å². The zero-order chi connectivity index (χ0) is 16.2. The van der Waals surface area contributed by atoms with Crippen LogP contribution >= 0.6 is 7.55 Å². The first-order valence-corrected chi connectivity index (χ1v) is 9.83. The topological polar surface area (TPSA) is 12.4 Å². The van der Waals surface area contributed by atoms with Crippen LogP contribution in [-0.2, 0) is 10.8 Å². The molecule has 0 aromatic heterocycles. The van der Waals surface area contributed by atoms with Gasteiger partial charge in [-0.1, -0.05) is 52.7 Å². The lowest BCUT2D eigenvalue weighted by Gasteiger charge is -2.29. The third-order valence-electron chi connectivity index (χ3n) is 5.86. The molecule has 21 heavy (non-hydrogen) atoms. The molecule has 0 radical (unpaired) electrons. The number of hydrogen-bond acceptors (Lipinski definition) is 1. The minimum absolute atomic E-state index is 0.0106. The zero-order valence-corrected chi connectivity index (χ0v) is 16.1. The Kier molecular flexibility index (Phi) is 4.04. The molecule has 116 valence electrons. The van der Waals surface area contributed by atoms with E-state index in [1.807, 2.05) is 7.05 Å². The number of aryl methyl sites for hydroxylation is 1. The minimum Gasteiger partial charge on any atom is -0.297 e. The molecule has 1 aliphatic rings. The van der Waals surface area contributed by atoms with E-state index >= 15 is 0 Å². The molecule has 0 N–H and O–H groups in total. The Morgan fingerprint density at radius 3 is 2.29 bits per heavy atom. The smallest absolute Gasteiger partial charge is 0.0276 e. The molecular formula is C19H30NP. The Labute approximate surface area is 131 Å². The molecule has 1 aliphatic heterocycles. The van der Waals surface area contributed by atoms with Crippen molar-refractivity contribution in [2.24, 2.45) is 4.99 Å². The largest absolute Gasteiger partial charge is 0.297 e. The van der Waals surface area contributed by atoms with Crippen LogP contribution < -0.4 is 5.30 Å². The molecule has 1 aromatic rings. The molecule has 0 fully saturated rings. The van der Waals surface area contributed by atoms with E-state index in [0.717, 1.165) is 0 Å². The van der Waals surface area contributed by atoms with Crippen molar-refractivity contribution < 1.29 is 0 Å². The molecule has 0 saturated carbocycles. The summed E-state index contributed by atoms with van der Waals surface area (Å²) in [6.45, 7) is 18.5. The summed E-state index contributed by atoms with van der Waals surface area (Å²) in [6, 6.07) is 4.94. The van der Waals surface area contributed by atoms with Gasteiger partial charge >= 0.3 is 0 Å². The van der Waals surface area contributed by atoms with Crippen molar-refractivity contribution in [1.82, 2.24) is 0 Å². The fourth-order valence-corrected chi connectivity index (χ4v) is 6.18. The van der Waals surface area contributed by atoms with E-state index in [2.05, 4.69) is 72.3 Å². The summed E-state index contributed by atoms with van der Waals surface area (Å²) in [7, 11) is 1.35. The van der Waals surface area contributed by atoms with Gasteiger partial charge in [-0.2, -0.15) is 0 Å². The third-order valence-corrected chi connectivity index (χ3v) is 8.83. The lowest BCUT2D eigenvalue weighted by atomic mass is 9.75. The summed E-state index contributed by atoms with van der Waals surface area (Å²) in [5.41, 5.74) is 5.85. The van der Waals surface area contributed by atoms with E-state index in [1.165, 1.54) is 16.8 Å². The van der Waals surface area contributed by atoms with Gasteiger partial charge in [-0.3, -0.25) is 4.99 Å². The van der Waals surface area contributed by atoms with Crippen LogP contribution in [0.4, 0.5) is 0 Å². The average Bonchev–Trinajstić information content (AvgIpc) is 2.58. The third kappa shape index (κ3) is 2.34. The molecule has 1 atom stereocenters. The molecule has 0 saturated heterocycles. The van der Waals surface area contributed by atoms with E-state index in [1.54, 1.807) is 16.2 Å². The minimum atomic E-state index is -0.551. The normalized spacial score (nSPS) is 21.7. The highest BCUT2D eigenvalue weighted by atomic mass is 31.1. The number of benzene rings is 1. The van der Waals surface area contributed by atoms with Crippen LogP contribution in [0.1, 0.15) is 58.2 Å². The van der Waals surface area contributed by atoms with Crippen LogP contribution in [0.15, 0.2) is 17.1 Å². The van der Waals surface area contributed by atoms with Gasteiger partial charge in [-0.15, -0.1) is 0 Å². The van der Waals surface area contributed by atoms with Crippen molar-refractivity contribution in [2.75, 3.05) is 13.7 Å². The molecular weight excluding hydrogens is 273 g/mol. The fraction of sp³-hybridized carbons (Fsp3) is 0.579. The molecule has 0 aliphatic carbocycles. The number of rotatable bonds is 2. The molecule has 1 unspecified atom stereocenters. The van der Waals surface area contributed by atoms with E-state index in [0.29, 0.717) is 0 Å². The lowest BCUT2D eigenvalue weighted by molar-refractivity contribution is 0.699. The average molecular weight is 303 g/mol. The van der Waals surface area contributed by atoms with Gasteiger partial charge in [-0.05, 0) is 49.4 Å². The quantitative estimate of drug-likeness (QED) is 0.570. The first-order chi connectivity index (χ1) is 9.55. The van der Waals surface area contributed by atoms with Crippen LogP contribution in [0, 0.1) is 6.92 Å². The Morgan fingerprint density at radius 1 is 1.19 bits per heavy atom. The summed E-state index contributed by atoms with van der Waals surface area (Å²) in [5, 5.41) is 3.29. The maximum atomic E-state index is 4.45. The molecule has 0 spiro atoms. The number of hydrogen-bond donors (Lipinski definition) is 0.